The SMILES string of the molecule is CCC1CN(S(=O)(=O)c2ccc(CCCl)cc2)CCO1. The van der Waals surface area contributed by atoms with Crippen molar-refractivity contribution in [2.45, 2.75) is 30.8 Å². The van der Waals surface area contributed by atoms with E-state index in [1.54, 1.807) is 12.1 Å². The maximum atomic E-state index is 12.6. The Labute approximate surface area is 125 Å². The molecule has 1 aliphatic rings. The quantitative estimate of drug-likeness (QED) is 0.783. The van der Waals surface area contributed by atoms with Gasteiger partial charge in [-0.1, -0.05) is 19.1 Å². The van der Waals surface area contributed by atoms with Crippen LogP contribution in [0.2, 0.25) is 0 Å². The third-order valence-corrected chi connectivity index (χ3v) is 5.57. The van der Waals surface area contributed by atoms with Crippen molar-refractivity contribution in [1.29, 1.82) is 0 Å². The molecule has 1 atom stereocenters. The van der Waals surface area contributed by atoms with E-state index in [9.17, 15) is 8.42 Å². The first kappa shape index (κ1) is 15.8. The zero-order chi connectivity index (χ0) is 14.6. The normalized spacial score (nSPS) is 21.0. The van der Waals surface area contributed by atoms with Crippen LogP contribution in [0.5, 0.6) is 0 Å². The minimum atomic E-state index is -3.42. The van der Waals surface area contributed by atoms with Crippen LogP contribution in [-0.2, 0) is 21.2 Å². The molecule has 0 spiro atoms. The molecule has 0 saturated carbocycles. The first-order valence-electron chi connectivity index (χ1n) is 6.84. The fourth-order valence-corrected chi connectivity index (χ4v) is 3.92. The van der Waals surface area contributed by atoms with Crippen molar-refractivity contribution in [3.05, 3.63) is 29.8 Å². The summed E-state index contributed by atoms with van der Waals surface area (Å²) in [4.78, 5) is 0.340. The fourth-order valence-electron chi connectivity index (χ4n) is 2.24. The minimum Gasteiger partial charge on any atom is -0.375 e. The maximum Gasteiger partial charge on any atom is 0.243 e. The number of sulfonamides is 1. The van der Waals surface area contributed by atoms with E-state index in [-0.39, 0.29) is 6.10 Å². The van der Waals surface area contributed by atoms with Crippen LogP contribution in [0, 0.1) is 0 Å². The summed E-state index contributed by atoms with van der Waals surface area (Å²) >= 11 is 5.68. The summed E-state index contributed by atoms with van der Waals surface area (Å²) in [7, 11) is -3.42. The Kier molecular flexibility index (Phi) is 5.43. The van der Waals surface area contributed by atoms with Gasteiger partial charge in [0.25, 0.3) is 0 Å². The Bertz CT molecular complexity index is 530. The van der Waals surface area contributed by atoms with Crippen LogP contribution >= 0.6 is 11.6 Å². The van der Waals surface area contributed by atoms with Crippen molar-refractivity contribution in [3.63, 3.8) is 0 Å². The van der Waals surface area contributed by atoms with Crippen LogP contribution < -0.4 is 0 Å². The zero-order valence-corrected chi connectivity index (χ0v) is 13.2. The first-order chi connectivity index (χ1) is 9.57. The van der Waals surface area contributed by atoms with Crippen LogP contribution in [0.1, 0.15) is 18.9 Å². The van der Waals surface area contributed by atoms with Crippen molar-refractivity contribution >= 4 is 21.6 Å². The van der Waals surface area contributed by atoms with E-state index in [1.165, 1.54) is 4.31 Å². The van der Waals surface area contributed by atoms with Gasteiger partial charge in [-0.3, -0.25) is 0 Å². The van der Waals surface area contributed by atoms with E-state index in [0.717, 1.165) is 18.4 Å². The molecule has 1 heterocycles. The lowest BCUT2D eigenvalue weighted by Gasteiger charge is -2.31. The Hall–Kier alpha value is -0.620. The summed E-state index contributed by atoms with van der Waals surface area (Å²) in [6, 6.07) is 6.97. The monoisotopic (exact) mass is 317 g/mol. The molecule has 0 aliphatic carbocycles. The van der Waals surface area contributed by atoms with Gasteiger partial charge >= 0.3 is 0 Å². The predicted molar refractivity (Wildman–Crippen MR) is 79.7 cm³/mol. The molecule has 1 fully saturated rings. The van der Waals surface area contributed by atoms with Crippen LogP contribution in [0.3, 0.4) is 0 Å². The molecule has 1 aromatic carbocycles. The van der Waals surface area contributed by atoms with Gasteiger partial charge in [-0.05, 0) is 30.5 Å². The molecule has 4 nitrogen and oxygen atoms in total. The van der Waals surface area contributed by atoms with Gasteiger partial charge in [0.2, 0.25) is 10.0 Å². The van der Waals surface area contributed by atoms with Gasteiger partial charge in [-0.25, -0.2) is 8.42 Å². The molecule has 1 aromatic rings. The Morgan fingerprint density at radius 3 is 2.65 bits per heavy atom. The van der Waals surface area contributed by atoms with Gasteiger partial charge in [-0.15, -0.1) is 11.6 Å². The lowest BCUT2D eigenvalue weighted by molar-refractivity contribution is -0.00277. The molecule has 0 aromatic heterocycles. The molecule has 0 radical (unpaired) electrons. The van der Waals surface area contributed by atoms with E-state index in [2.05, 4.69) is 0 Å². The van der Waals surface area contributed by atoms with Crippen molar-refractivity contribution in [3.8, 4) is 0 Å². The largest absolute Gasteiger partial charge is 0.375 e. The van der Waals surface area contributed by atoms with Gasteiger partial charge in [0.05, 0.1) is 17.6 Å². The predicted octanol–water partition coefficient (Wildman–Crippen LogP) is 2.27. The highest BCUT2D eigenvalue weighted by molar-refractivity contribution is 7.89. The highest BCUT2D eigenvalue weighted by Crippen LogP contribution is 2.20. The Morgan fingerprint density at radius 1 is 1.35 bits per heavy atom. The van der Waals surface area contributed by atoms with Crippen molar-refractivity contribution in [2.24, 2.45) is 0 Å². The average Bonchev–Trinajstić information content (AvgIpc) is 2.48. The van der Waals surface area contributed by atoms with E-state index in [4.69, 9.17) is 16.3 Å². The molecular formula is C14H20ClNO3S. The number of alkyl halides is 1. The number of rotatable bonds is 5. The Morgan fingerprint density at radius 2 is 2.05 bits per heavy atom. The lowest BCUT2D eigenvalue weighted by Crippen LogP contribution is -2.45. The number of morpholine rings is 1. The van der Waals surface area contributed by atoms with E-state index in [0.29, 0.717) is 30.5 Å². The van der Waals surface area contributed by atoms with Crippen LogP contribution in [0.4, 0.5) is 0 Å². The molecule has 6 heteroatoms. The summed E-state index contributed by atoms with van der Waals surface area (Å²) in [5.41, 5.74) is 1.05. The summed E-state index contributed by atoms with van der Waals surface area (Å²) in [5.74, 6) is 0.535. The van der Waals surface area contributed by atoms with Crippen molar-refractivity contribution < 1.29 is 13.2 Å². The second-order valence-corrected chi connectivity index (χ2v) is 7.16. The summed E-state index contributed by atoms with van der Waals surface area (Å²) < 4.78 is 32.2. The topological polar surface area (TPSA) is 46.6 Å². The molecule has 0 bridgehead atoms. The fraction of sp³-hybridized carbons (Fsp3) is 0.571. The molecule has 112 valence electrons. The van der Waals surface area contributed by atoms with Gasteiger partial charge in [0, 0.05) is 19.0 Å². The van der Waals surface area contributed by atoms with Crippen LogP contribution in [0.25, 0.3) is 0 Å². The van der Waals surface area contributed by atoms with Crippen molar-refractivity contribution in [1.82, 2.24) is 4.31 Å². The highest BCUT2D eigenvalue weighted by Gasteiger charge is 2.29. The number of halogens is 1. The average molecular weight is 318 g/mol. The molecule has 1 unspecified atom stereocenters. The number of hydrogen-bond acceptors (Lipinski definition) is 3. The zero-order valence-electron chi connectivity index (χ0n) is 11.6. The van der Waals surface area contributed by atoms with Crippen LogP contribution in [-0.4, -0.2) is 44.4 Å². The van der Waals surface area contributed by atoms with Crippen molar-refractivity contribution in [2.75, 3.05) is 25.6 Å². The smallest absolute Gasteiger partial charge is 0.243 e. The van der Waals surface area contributed by atoms with Crippen LogP contribution in [0.15, 0.2) is 29.2 Å². The second kappa shape index (κ2) is 6.89. The van der Waals surface area contributed by atoms with Gasteiger partial charge in [0.1, 0.15) is 0 Å². The Balaban J connectivity index is 2.16. The third-order valence-electron chi connectivity index (χ3n) is 3.50. The van der Waals surface area contributed by atoms with Gasteiger partial charge in [0.15, 0.2) is 0 Å². The number of nitrogens with zero attached hydrogens (tertiary/aromatic N) is 1. The summed E-state index contributed by atoms with van der Waals surface area (Å²) in [6.07, 6.45) is 1.56. The molecule has 1 aliphatic heterocycles. The molecular weight excluding hydrogens is 298 g/mol. The number of benzene rings is 1. The standard InChI is InChI=1S/C14H20ClNO3S/c1-2-13-11-16(9-10-19-13)20(17,18)14-5-3-12(4-6-14)7-8-15/h3-6,13H,2,7-11H2,1H3. The second-order valence-electron chi connectivity index (χ2n) is 4.85. The highest BCUT2D eigenvalue weighted by atomic mass is 35.5. The first-order valence-corrected chi connectivity index (χ1v) is 8.82. The molecule has 1 saturated heterocycles. The minimum absolute atomic E-state index is 0.00551. The molecule has 20 heavy (non-hydrogen) atoms. The van der Waals surface area contributed by atoms with E-state index in [1.807, 2.05) is 19.1 Å². The number of ether oxygens (including phenoxy) is 1. The summed E-state index contributed by atoms with van der Waals surface area (Å²) in [6.45, 7) is 3.31. The summed E-state index contributed by atoms with van der Waals surface area (Å²) in [5, 5.41) is 0. The van der Waals surface area contributed by atoms with E-state index < -0.39 is 10.0 Å². The maximum absolute atomic E-state index is 12.6. The van der Waals surface area contributed by atoms with Gasteiger partial charge < -0.3 is 4.74 Å². The molecule has 2 rings (SSSR count). The van der Waals surface area contributed by atoms with E-state index >= 15 is 0 Å². The lowest BCUT2D eigenvalue weighted by atomic mass is 10.2. The number of hydrogen-bond donors (Lipinski definition) is 0. The molecule has 0 N–H and O–H groups in total. The van der Waals surface area contributed by atoms with Gasteiger partial charge in [-0.2, -0.15) is 4.31 Å². The third kappa shape index (κ3) is 3.52. The number of aryl methyl sites for hydroxylation is 1. The molecule has 0 amide bonds.